The van der Waals surface area contributed by atoms with Crippen LogP contribution in [0.15, 0.2) is 42.9 Å². The Morgan fingerprint density at radius 2 is 2.07 bits per heavy atom. The number of carbonyl (C=O) groups excluding carboxylic acids is 3. The van der Waals surface area contributed by atoms with E-state index in [1.54, 1.807) is 48.1 Å². The quantitative estimate of drug-likeness (QED) is 0.488. The van der Waals surface area contributed by atoms with E-state index in [-0.39, 0.29) is 12.1 Å². The van der Waals surface area contributed by atoms with Crippen molar-refractivity contribution < 1.29 is 14.4 Å². The minimum absolute atomic E-state index is 0.0215. The van der Waals surface area contributed by atoms with Crippen molar-refractivity contribution in [2.24, 2.45) is 5.73 Å². The average molecular weight is 367 g/mol. The molecule has 10 nitrogen and oxygen atoms in total. The lowest BCUT2D eigenvalue weighted by Crippen LogP contribution is -2.47. The molecule has 0 saturated heterocycles. The van der Waals surface area contributed by atoms with Gasteiger partial charge in [0.1, 0.15) is 23.4 Å². The molecule has 27 heavy (non-hydrogen) atoms. The lowest BCUT2D eigenvalue weighted by Gasteiger charge is -2.16. The molecule has 3 rings (SSSR count). The van der Waals surface area contributed by atoms with Gasteiger partial charge in [0, 0.05) is 18.8 Å². The number of rotatable bonds is 7. The smallest absolute Gasteiger partial charge is 0.287 e. The van der Waals surface area contributed by atoms with Crippen LogP contribution in [0.25, 0.3) is 5.82 Å². The second kappa shape index (κ2) is 7.60. The molecular weight excluding hydrogens is 350 g/mol. The molecular formula is C17H17N7O3. The van der Waals surface area contributed by atoms with Gasteiger partial charge in [-0.1, -0.05) is 6.07 Å². The van der Waals surface area contributed by atoms with Crippen LogP contribution in [-0.2, 0) is 16.0 Å². The van der Waals surface area contributed by atoms with Gasteiger partial charge in [0.2, 0.25) is 5.78 Å². The summed E-state index contributed by atoms with van der Waals surface area (Å²) < 4.78 is 1.55. The van der Waals surface area contributed by atoms with E-state index in [1.165, 1.54) is 6.20 Å². The van der Waals surface area contributed by atoms with Crippen LogP contribution in [0, 0.1) is 6.92 Å². The molecule has 0 aliphatic heterocycles. The highest BCUT2D eigenvalue weighted by Gasteiger charge is 2.28. The van der Waals surface area contributed by atoms with E-state index in [0.717, 1.165) is 0 Å². The highest BCUT2D eigenvalue weighted by Crippen LogP contribution is 2.13. The number of H-pyrrole nitrogens is 1. The summed E-state index contributed by atoms with van der Waals surface area (Å²) in [6.45, 7) is 1.72. The van der Waals surface area contributed by atoms with Crippen LogP contribution < -0.4 is 11.1 Å². The van der Waals surface area contributed by atoms with Gasteiger partial charge < -0.3 is 11.1 Å². The molecule has 3 heterocycles. The highest BCUT2D eigenvalue weighted by atomic mass is 16.2. The van der Waals surface area contributed by atoms with Crippen LogP contribution in [0.4, 0.5) is 0 Å². The molecule has 0 aliphatic rings. The maximum Gasteiger partial charge on any atom is 0.287 e. The SMILES string of the molecule is Cc1ncc(C(=O)NC(Cc2cc[nH]n2)C(=O)C(N)=O)n1-c1ccccn1. The van der Waals surface area contributed by atoms with E-state index in [1.807, 2.05) is 0 Å². The first kappa shape index (κ1) is 18.0. The molecule has 2 amide bonds. The molecule has 0 aliphatic carbocycles. The number of hydrogen-bond donors (Lipinski definition) is 3. The molecule has 0 bridgehead atoms. The number of nitrogens with one attached hydrogen (secondary N) is 2. The third kappa shape index (κ3) is 3.89. The van der Waals surface area contributed by atoms with Gasteiger partial charge in [-0.05, 0) is 25.1 Å². The zero-order valence-electron chi connectivity index (χ0n) is 14.4. The van der Waals surface area contributed by atoms with Crippen molar-refractivity contribution in [2.45, 2.75) is 19.4 Å². The number of Topliss-reactive ketones (excluding diaryl/α,β-unsaturated/α-hetero) is 1. The summed E-state index contributed by atoms with van der Waals surface area (Å²) in [5, 5.41) is 9.09. The number of pyridine rings is 1. The number of imidazole rings is 1. The van der Waals surface area contributed by atoms with Gasteiger partial charge in [-0.2, -0.15) is 5.10 Å². The number of aryl methyl sites for hydroxylation is 1. The second-order valence-corrected chi connectivity index (χ2v) is 5.74. The molecule has 1 atom stereocenters. The third-order valence-corrected chi connectivity index (χ3v) is 3.89. The summed E-state index contributed by atoms with van der Waals surface area (Å²) in [4.78, 5) is 44.6. The van der Waals surface area contributed by atoms with Gasteiger partial charge in [-0.15, -0.1) is 0 Å². The molecule has 3 aromatic rings. The summed E-state index contributed by atoms with van der Waals surface area (Å²) in [6.07, 6.45) is 4.56. The first-order valence-corrected chi connectivity index (χ1v) is 8.06. The largest absolute Gasteiger partial charge is 0.363 e. The Kier molecular flexibility index (Phi) is 5.06. The number of nitrogens with zero attached hydrogens (tertiary/aromatic N) is 4. The number of aromatic amines is 1. The molecule has 10 heteroatoms. The van der Waals surface area contributed by atoms with Gasteiger partial charge in [0.05, 0.1) is 11.9 Å². The van der Waals surface area contributed by atoms with Crippen molar-refractivity contribution in [1.29, 1.82) is 0 Å². The molecule has 0 fully saturated rings. The van der Waals surface area contributed by atoms with Crippen LogP contribution in [0.3, 0.4) is 0 Å². The number of ketones is 1. The Morgan fingerprint density at radius 1 is 1.26 bits per heavy atom. The number of amides is 2. The van der Waals surface area contributed by atoms with Crippen LogP contribution in [0.2, 0.25) is 0 Å². The van der Waals surface area contributed by atoms with E-state index in [4.69, 9.17) is 5.73 Å². The number of aromatic nitrogens is 5. The zero-order valence-corrected chi connectivity index (χ0v) is 14.4. The second-order valence-electron chi connectivity index (χ2n) is 5.74. The van der Waals surface area contributed by atoms with Crippen LogP contribution in [0.1, 0.15) is 22.0 Å². The molecule has 0 spiro atoms. The van der Waals surface area contributed by atoms with Crippen LogP contribution in [-0.4, -0.2) is 48.4 Å². The predicted octanol–water partition coefficient (Wildman–Crippen LogP) is -0.306. The maximum absolute atomic E-state index is 12.8. The lowest BCUT2D eigenvalue weighted by molar-refractivity contribution is -0.137. The lowest BCUT2D eigenvalue weighted by atomic mass is 10.1. The summed E-state index contributed by atoms with van der Waals surface area (Å²) in [7, 11) is 0. The Hall–Kier alpha value is -3.82. The minimum atomic E-state index is -1.15. The van der Waals surface area contributed by atoms with Gasteiger partial charge in [0.15, 0.2) is 0 Å². The molecule has 0 saturated carbocycles. The summed E-state index contributed by atoms with van der Waals surface area (Å²) in [5.74, 6) is -1.58. The maximum atomic E-state index is 12.8. The number of carbonyl (C=O) groups is 3. The zero-order chi connectivity index (χ0) is 19.4. The molecule has 0 aromatic carbocycles. The Bertz CT molecular complexity index is 964. The number of hydrogen-bond acceptors (Lipinski definition) is 6. The topological polar surface area (TPSA) is 149 Å². The average Bonchev–Trinajstić information content (AvgIpc) is 3.30. The van der Waals surface area contributed by atoms with Gasteiger partial charge >= 0.3 is 0 Å². The van der Waals surface area contributed by atoms with Crippen molar-refractivity contribution in [1.82, 2.24) is 30.0 Å². The first-order chi connectivity index (χ1) is 13.0. The summed E-state index contributed by atoms with van der Waals surface area (Å²) in [5.41, 5.74) is 5.79. The standard InChI is InChI=1S/C17H17N7O3/c1-10-20-9-13(24(10)14-4-2-3-6-19-14)17(27)22-12(15(25)16(18)26)8-11-5-7-21-23-11/h2-7,9,12H,8H2,1H3,(H2,18,26)(H,21,23)(H,22,27). The summed E-state index contributed by atoms with van der Waals surface area (Å²) >= 11 is 0. The fourth-order valence-corrected chi connectivity index (χ4v) is 2.61. The monoisotopic (exact) mass is 367 g/mol. The summed E-state index contributed by atoms with van der Waals surface area (Å²) in [6, 6.07) is 5.74. The fourth-order valence-electron chi connectivity index (χ4n) is 2.61. The number of primary amides is 1. The van der Waals surface area contributed by atoms with E-state index in [2.05, 4.69) is 25.5 Å². The fraction of sp³-hybridized carbons (Fsp3) is 0.176. The molecule has 0 radical (unpaired) electrons. The van der Waals surface area contributed by atoms with E-state index in [9.17, 15) is 14.4 Å². The van der Waals surface area contributed by atoms with Crippen molar-refractivity contribution >= 4 is 17.6 Å². The van der Waals surface area contributed by atoms with Gasteiger partial charge in [-0.3, -0.25) is 24.0 Å². The van der Waals surface area contributed by atoms with Crippen LogP contribution in [0.5, 0.6) is 0 Å². The minimum Gasteiger partial charge on any atom is -0.363 e. The van der Waals surface area contributed by atoms with Crippen molar-refractivity contribution in [3.63, 3.8) is 0 Å². The molecule has 4 N–H and O–H groups in total. The van der Waals surface area contributed by atoms with Crippen molar-refractivity contribution in [3.8, 4) is 5.82 Å². The highest BCUT2D eigenvalue weighted by molar-refractivity contribution is 6.38. The Morgan fingerprint density at radius 3 is 2.70 bits per heavy atom. The Labute approximate surface area is 153 Å². The molecule has 3 aromatic heterocycles. The van der Waals surface area contributed by atoms with Gasteiger partial charge in [0.25, 0.3) is 11.8 Å². The predicted molar refractivity (Wildman–Crippen MR) is 93.8 cm³/mol. The van der Waals surface area contributed by atoms with Crippen molar-refractivity contribution in [3.05, 3.63) is 60.1 Å². The van der Waals surface area contributed by atoms with E-state index >= 15 is 0 Å². The van der Waals surface area contributed by atoms with Crippen molar-refractivity contribution in [2.75, 3.05) is 0 Å². The Balaban J connectivity index is 1.88. The third-order valence-electron chi connectivity index (χ3n) is 3.89. The van der Waals surface area contributed by atoms with E-state index in [0.29, 0.717) is 17.3 Å². The van der Waals surface area contributed by atoms with Crippen LogP contribution >= 0.6 is 0 Å². The van der Waals surface area contributed by atoms with Gasteiger partial charge in [-0.25, -0.2) is 9.97 Å². The van der Waals surface area contributed by atoms with E-state index < -0.39 is 23.6 Å². The number of nitrogens with two attached hydrogens (primary N) is 1. The molecule has 1 unspecified atom stereocenters. The first-order valence-electron chi connectivity index (χ1n) is 8.06. The normalized spacial score (nSPS) is 11.7. The molecule has 138 valence electrons.